The Morgan fingerprint density at radius 2 is 1.69 bits per heavy atom. The van der Waals surface area contributed by atoms with Gasteiger partial charge in [-0.1, -0.05) is 6.07 Å². The second-order valence-electron chi connectivity index (χ2n) is 7.14. The van der Waals surface area contributed by atoms with Gasteiger partial charge in [0.25, 0.3) is 11.1 Å². The number of aromatic nitrogens is 2. The lowest BCUT2D eigenvalue weighted by atomic mass is 10.1. The zero-order valence-corrected chi connectivity index (χ0v) is 16.3. The van der Waals surface area contributed by atoms with E-state index in [2.05, 4.69) is 26.1 Å². The summed E-state index contributed by atoms with van der Waals surface area (Å²) in [6.45, 7) is 4.86. The molecular formula is C18H23N5O6. The van der Waals surface area contributed by atoms with Gasteiger partial charge in [-0.05, 0) is 32.9 Å². The molecule has 0 aliphatic rings. The smallest absolute Gasteiger partial charge is 0.407 e. The SMILES string of the molecule is CC(C)(C)OC(=O)NCCC(=O)NCC(=O)Nc1cccc2c(=O)[nH][nH]c(=O)c12. The maximum Gasteiger partial charge on any atom is 0.407 e. The van der Waals surface area contributed by atoms with Crippen molar-refractivity contribution in [2.45, 2.75) is 32.8 Å². The lowest BCUT2D eigenvalue weighted by molar-refractivity contribution is -0.124. The minimum atomic E-state index is -0.640. The summed E-state index contributed by atoms with van der Waals surface area (Å²) >= 11 is 0. The Labute approximate surface area is 165 Å². The first kappa shape index (κ1) is 21.7. The van der Waals surface area contributed by atoms with Crippen LogP contribution in [0.4, 0.5) is 10.5 Å². The van der Waals surface area contributed by atoms with Gasteiger partial charge < -0.3 is 20.7 Å². The normalized spacial score (nSPS) is 11.0. The maximum absolute atomic E-state index is 12.1. The Kier molecular flexibility index (Phi) is 6.75. The average molecular weight is 405 g/mol. The Bertz CT molecular complexity index is 1030. The van der Waals surface area contributed by atoms with Crippen molar-refractivity contribution in [2.75, 3.05) is 18.4 Å². The quantitative estimate of drug-likeness (QED) is 0.461. The summed E-state index contributed by atoms with van der Waals surface area (Å²) in [5.74, 6) is -1.03. The minimum Gasteiger partial charge on any atom is -0.444 e. The zero-order chi connectivity index (χ0) is 21.6. The predicted molar refractivity (Wildman–Crippen MR) is 106 cm³/mol. The van der Waals surface area contributed by atoms with E-state index >= 15 is 0 Å². The van der Waals surface area contributed by atoms with E-state index in [9.17, 15) is 24.0 Å². The molecule has 0 atom stereocenters. The zero-order valence-electron chi connectivity index (χ0n) is 16.3. The number of nitrogens with one attached hydrogen (secondary N) is 5. The maximum atomic E-state index is 12.1. The number of hydrogen-bond acceptors (Lipinski definition) is 6. The van der Waals surface area contributed by atoms with E-state index < -0.39 is 34.6 Å². The van der Waals surface area contributed by atoms with Gasteiger partial charge in [-0.3, -0.25) is 29.4 Å². The number of carbonyl (C=O) groups is 3. The molecule has 1 aromatic heterocycles. The van der Waals surface area contributed by atoms with Crippen LogP contribution in [0, 0.1) is 0 Å². The number of fused-ring (bicyclic) bond motifs is 1. The van der Waals surface area contributed by atoms with Gasteiger partial charge >= 0.3 is 6.09 Å². The van der Waals surface area contributed by atoms with Gasteiger partial charge in [0.1, 0.15) is 5.60 Å². The first-order valence-corrected chi connectivity index (χ1v) is 8.84. The van der Waals surface area contributed by atoms with Crippen molar-refractivity contribution in [2.24, 2.45) is 0 Å². The topological polar surface area (TPSA) is 162 Å². The molecule has 0 bridgehead atoms. The van der Waals surface area contributed by atoms with Gasteiger partial charge in [-0.2, -0.15) is 0 Å². The Hall–Kier alpha value is -3.63. The molecule has 0 spiro atoms. The van der Waals surface area contributed by atoms with Crippen LogP contribution in [0.2, 0.25) is 0 Å². The molecule has 2 aromatic rings. The highest BCUT2D eigenvalue weighted by molar-refractivity contribution is 6.02. The van der Waals surface area contributed by atoms with Crippen molar-refractivity contribution in [3.8, 4) is 0 Å². The highest BCUT2D eigenvalue weighted by Crippen LogP contribution is 2.16. The molecule has 0 radical (unpaired) electrons. The molecule has 1 aromatic carbocycles. The van der Waals surface area contributed by atoms with E-state index in [0.717, 1.165) is 0 Å². The Morgan fingerprint density at radius 3 is 2.38 bits per heavy atom. The van der Waals surface area contributed by atoms with Crippen LogP contribution in [-0.2, 0) is 14.3 Å². The van der Waals surface area contributed by atoms with Crippen LogP contribution in [0.25, 0.3) is 10.8 Å². The molecule has 11 nitrogen and oxygen atoms in total. The van der Waals surface area contributed by atoms with Gasteiger partial charge in [-0.25, -0.2) is 4.79 Å². The highest BCUT2D eigenvalue weighted by Gasteiger charge is 2.16. The van der Waals surface area contributed by atoms with Crippen LogP contribution in [0.5, 0.6) is 0 Å². The predicted octanol–water partition coefficient (Wildman–Crippen LogP) is 0.186. The first-order chi connectivity index (χ1) is 13.6. The molecule has 29 heavy (non-hydrogen) atoms. The van der Waals surface area contributed by atoms with Crippen molar-refractivity contribution >= 4 is 34.4 Å². The summed E-state index contributed by atoms with van der Waals surface area (Å²) in [6, 6.07) is 4.45. The van der Waals surface area contributed by atoms with Gasteiger partial charge in [0, 0.05) is 13.0 Å². The molecule has 2 rings (SSSR count). The van der Waals surface area contributed by atoms with E-state index in [1.54, 1.807) is 20.8 Å². The number of hydrogen-bond donors (Lipinski definition) is 5. The van der Waals surface area contributed by atoms with Gasteiger partial charge in [0.2, 0.25) is 11.8 Å². The Balaban J connectivity index is 1.85. The van der Waals surface area contributed by atoms with E-state index in [4.69, 9.17) is 4.74 Å². The molecule has 156 valence electrons. The number of amides is 3. The largest absolute Gasteiger partial charge is 0.444 e. The standard InChI is InChI=1S/C18H23N5O6/c1-18(2,3)29-17(28)19-8-7-12(24)20-9-13(25)21-11-6-4-5-10-14(11)16(27)23-22-15(10)26/h4-6H,7-9H2,1-3H3,(H,19,28)(H,20,24)(H,21,25)(H,22,26)(H,23,27). The number of carbonyl (C=O) groups excluding carboxylic acids is 3. The summed E-state index contributed by atoms with van der Waals surface area (Å²) in [5.41, 5.74) is -1.55. The van der Waals surface area contributed by atoms with Gasteiger partial charge in [-0.15, -0.1) is 0 Å². The van der Waals surface area contributed by atoms with E-state index in [0.29, 0.717) is 0 Å². The van der Waals surface area contributed by atoms with Crippen LogP contribution < -0.4 is 27.1 Å². The van der Waals surface area contributed by atoms with E-state index in [-0.39, 0.29) is 36.0 Å². The van der Waals surface area contributed by atoms with Crippen LogP contribution in [-0.4, -0.2) is 46.8 Å². The van der Waals surface area contributed by atoms with E-state index in [1.807, 2.05) is 0 Å². The number of rotatable bonds is 6. The summed E-state index contributed by atoms with van der Waals surface area (Å²) in [6.07, 6.45) is -0.685. The molecule has 0 unspecified atom stereocenters. The van der Waals surface area contributed by atoms with Crippen LogP contribution in [0.15, 0.2) is 27.8 Å². The van der Waals surface area contributed by atoms with Crippen molar-refractivity contribution in [3.05, 3.63) is 38.9 Å². The molecule has 3 amide bonds. The fourth-order valence-corrected chi connectivity index (χ4v) is 2.39. The second kappa shape index (κ2) is 9.04. The van der Waals surface area contributed by atoms with Gasteiger partial charge in [0.05, 0.1) is 23.0 Å². The lowest BCUT2D eigenvalue weighted by Crippen LogP contribution is -2.37. The molecule has 11 heteroatoms. The highest BCUT2D eigenvalue weighted by atomic mass is 16.6. The van der Waals surface area contributed by atoms with Crippen LogP contribution in [0.1, 0.15) is 27.2 Å². The van der Waals surface area contributed by atoms with Crippen LogP contribution in [0.3, 0.4) is 0 Å². The van der Waals surface area contributed by atoms with E-state index in [1.165, 1.54) is 18.2 Å². The molecule has 0 aliphatic heterocycles. The lowest BCUT2D eigenvalue weighted by Gasteiger charge is -2.19. The molecule has 0 fully saturated rings. The van der Waals surface area contributed by atoms with Gasteiger partial charge in [0.15, 0.2) is 0 Å². The fourth-order valence-electron chi connectivity index (χ4n) is 2.39. The number of alkyl carbamates (subject to hydrolysis) is 1. The number of benzene rings is 1. The van der Waals surface area contributed by atoms with Crippen LogP contribution >= 0.6 is 0 Å². The summed E-state index contributed by atoms with van der Waals surface area (Å²) in [5, 5.41) is 11.9. The number of H-pyrrole nitrogens is 2. The average Bonchev–Trinajstić information content (AvgIpc) is 2.61. The molecule has 0 aliphatic carbocycles. The van der Waals surface area contributed by atoms with Crippen molar-refractivity contribution in [3.63, 3.8) is 0 Å². The third-order valence-electron chi connectivity index (χ3n) is 3.57. The summed E-state index contributed by atoms with van der Waals surface area (Å²) in [7, 11) is 0. The van der Waals surface area contributed by atoms with Crippen molar-refractivity contribution < 1.29 is 19.1 Å². The minimum absolute atomic E-state index is 0.0393. The summed E-state index contributed by atoms with van der Waals surface area (Å²) < 4.78 is 5.04. The monoisotopic (exact) mass is 405 g/mol. The molecule has 5 N–H and O–H groups in total. The molecular weight excluding hydrogens is 382 g/mol. The fraction of sp³-hybridized carbons (Fsp3) is 0.389. The number of ether oxygens (including phenoxy) is 1. The molecule has 0 saturated heterocycles. The number of aromatic amines is 2. The number of anilines is 1. The third kappa shape index (κ3) is 6.48. The van der Waals surface area contributed by atoms with Crippen molar-refractivity contribution in [1.82, 2.24) is 20.8 Å². The Morgan fingerprint density at radius 1 is 1.00 bits per heavy atom. The molecule has 0 saturated carbocycles. The molecule has 1 heterocycles. The summed E-state index contributed by atoms with van der Waals surface area (Å²) in [4.78, 5) is 59.1. The second-order valence-corrected chi connectivity index (χ2v) is 7.14. The third-order valence-corrected chi connectivity index (χ3v) is 3.57. The first-order valence-electron chi connectivity index (χ1n) is 8.84. The van der Waals surface area contributed by atoms with Crippen molar-refractivity contribution in [1.29, 1.82) is 0 Å².